The van der Waals surface area contributed by atoms with Crippen LogP contribution in [0.15, 0.2) is 28.8 Å². The van der Waals surface area contributed by atoms with Crippen molar-refractivity contribution in [2.24, 2.45) is 0 Å². The molecule has 1 unspecified atom stereocenters. The first-order chi connectivity index (χ1) is 8.15. The molecule has 0 saturated heterocycles. The fraction of sp³-hybridized carbons (Fsp3) is 0.333. The number of nitrogens with one attached hydrogen (secondary N) is 1. The van der Waals surface area contributed by atoms with Crippen LogP contribution in [0.1, 0.15) is 30.2 Å². The predicted octanol–water partition coefficient (Wildman–Crippen LogP) is 1.93. The normalized spacial score (nSPS) is 12.6. The number of phenolic OH excluding ortho intramolecular Hbond substituents is 1. The summed E-state index contributed by atoms with van der Waals surface area (Å²) in [6.45, 7) is 4.31. The molecular weight excluding hydrogens is 218 g/mol. The van der Waals surface area contributed by atoms with E-state index in [0.717, 1.165) is 5.56 Å². The molecule has 0 saturated carbocycles. The molecule has 1 aromatic heterocycles. The van der Waals surface area contributed by atoms with E-state index in [-0.39, 0.29) is 11.8 Å². The van der Waals surface area contributed by atoms with Gasteiger partial charge in [0, 0.05) is 6.04 Å². The van der Waals surface area contributed by atoms with Gasteiger partial charge in [0.25, 0.3) is 0 Å². The van der Waals surface area contributed by atoms with Crippen molar-refractivity contribution in [3.8, 4) is 5.75 Å². The summed E-state index contributed by atoms with van der Waals surface area (Å²) in [5, 5.41) is 16.3. The third-order valence-corrected chi connectivity index (χ3v) is 2.50. The maximum Gasteiger partial charge on any atom is 0.240 e. The summed E-state index contributed by atoms with van der Waals surface area (Å²) in [4.78, 5) is 4.10. The largest absolute Gasteiger partial charge is 0.508 e. The Bertz CT molecular complexity index is 496. The molecule has 2 rings (SSSR count). The van der Waals surface area contributed by atoms with Gasteiger partial charge >= 0.3 is 0 Å². The Morgan fingerprint density at radius 2 is 2.29 bits per heavy atom. The zero-order valence-corrected chi connectivity index (χ0v) is 9.84. The first-order valence-corrected chi connectivity index (χ1v) is 5.46. The summed E-state index contributed by atoms with van der Waals surface area (Å²) in [5.74, 6) is 1.46. The number of benzene rings is 1. The number of aromatic nitrogens is 2. The summed E-state index contributed by atoms with van der Waals surface area (Å²) in [5.41, 5.74) is 1.02. The van der Waals surface area contributed by atoms with Gasteiger partial charge < -0.3 is 14.9 Å². The van der Waals surface area contributed by atoms with Gasteiger partial charge in [-0.15, -0.1) is 0 Å². The van der Waals surface area contributed by atoms with Gasteiger partial charge in [-0.1, -0.05) is 17.3 Å². The molecule has 90 valence electrons. The SMILES string of the molecule is Cc1noc(CNC(C)c2cccc(O)c2)n1. The smallest absolute Gasteiger partial charge is 0.240 e. The third kappa shape index (κ3) is 3.04. The van der Waals surface area contributed by atoms with E-state index in [1.807, 2.05) is 19.1 Å². The Kier molecular flexibility index (Phi) is 3.39. The lowest BCUT2D eigenvalue weighted by Crippen LogP contribution is -2.18. The second-order valence-corrected chi connectivity index (χ2v) is 3.93. The van der Waals surface area contributed by atoms with E-state index in [1.165, 1.54) is 0 Å². The molecule has 1 aromatic carbocycles. The molecule has 17 heavy (non-hydrogen) atoms. The van der Waals surface area contributed by atoms with Crippen LogP contribution < -0.4 is 5.32 Å². The van der Waals surface area contributed by atoms with E-state index in [1.54, 1.807) is 19.1 Å². The first kappa shape index (κ1) is 11.6. The molecule has 0 fully saturated rings. The molecule has 2 N–H and O–H groups in total. The van der Waals surface area contributed by atoms with Gasteiger partial charge in [0.1, 0.15) is 5.75 Å². The molecule has 5 nitrogen and oxygen atoms in total. The number of aromatic hydroxyl groups is 1. The molecule has 1 atom stereocenters. The Morgan fingerprint density at radius 1 is 1.47 bits per heavy atom. The highest BCUT2D eigenvalue weighted by Crippen LogP contribution is 2.17. The van der Waals surface area contributed by atoms with Gasteiger partial charge in [0.2, 0.25) is 5.89 Å². The van der Waals surface area contributed by atoms with Crippen molar-refractivity contribution in [2.75, 3.05) is 0 Å². The fourth-order valence-electron chi connectivity index (χ4n) is 1.56. The molecular formula is C12H15N3O2. The highest BCUT2D eigenvalue weighted by molar-refractivity contribution is 5.28. The average Bonchev–Trinajstić information content (AvgIpc) is 2.72. The number of hydrogen-bond donors (Lipinski definition) is 2. The van der Waals surface area contributed by atoms with Gasteiger partial charge in [-0.25, -0.2) is 0 Å². The van der Waals surface area contributed by atoms with E-state index in [4.69, 9.17) is 4.52 Å². The standard InChI is InChI=1S/C12H15N3O2/c1-8(10-4-3-5-11(16)6-10)13-7-12-14-9(2)15-17-12/h3-6,8,13,16H,7H2,1-2H3. The minimum absolute atomic E-state index is 0.106. The van der Waals surface area contributed by atoms with Gasteiger partial charge in [-0.05, 0) is 31.5 Å². The van der Waals surface area contributed by atoms with Crippen LogP contribution in [0.25, 0.3) is 0 Å². The van der Waals surface area contributed by atoms with Gasteiger partial charge in [-0.2, -0.15) is 4.98 Å². The van der Waals surface area contributed by atoms with Crippen molar-refractivity contribution in [3.63, 3.8) is 0 Å². The van der Waals surface area contributed by atoms with Gasteiger partial charge in [0.05, 0.1) is 6.54 Å². The van der Waals surface area contributed by atoms with E-state index < -0.39 is 0 Å². The Balaban J connectivity index is 1.95. The van der Waals surface area contributed by atoms with Crippen LogP contribution in [0.2, 0.25) is 0 Å². The number of aryl methyl sites for hydroxylation is 1. The van der Waals surface area contributed by atoms with Crippen LogP contribution in [0.4, 0.5) is 0 Å². The van der Waals surface area contributed by atoms with E-state index in [0.29, 0.717) is 18.3 Å². The van der Waals surface area contributed by atoms with Crippen molar-refractivity contribution in [1.82, 2.24) is 15.5 Å². The lowest BCUT2D eigenvalue weighted by Gasteiger charge is -2.12. The predicted molar refractivity (Wildman–Crippen MR) is 62.4 cm³/mol. The molecule has 0 spiro atoms. The first-order valence-electron chi connectivity index (χ1n) is 5.46. The van der Waals surface area contributed by atoms with E-state index in [2.05, 4.69) is 15.5 Å². The lowest BCUT2D eigenvalue weighted by molar-refractivity contribution is 0.357. The van der Waals surface area contributed by atoms with Crippen LogP contribution >= 0.6 is 0 Å². The van der Waals surface area contributed by atoms with Crippen LogP contribution in [-0.4, -0.2) is 15.2 Å². The van der Waals surface area contributed by atoms with Crippen molar-refractivity contribution in [3.05, 3.63) is 41.5 Å². The maximum atomic E-state index is 9.38. The Labute approximate surface area is 99.5 Å². The number of phenols is 1. The highest BCUT2D eigenvalue weighted by atomic mass is 16.5. The summed E-state index contributed by atoms with van der Waals surface area (Å²) in [7, 11) is 0. The molecule has 0 aliphatic rings. The third-order valence-electron chi connectivity index (χ3n) is 2.50. The van der Waals surface area contributed by atoms with Crippen molar-refractivity contribution >= 4 is 0 Å². The zero-order chi connectivity index (χ0) is 12.3. The van der Waals surface area contributed by atoms with Gasteiger partial charge in [-0.3, -0.25) is 0 Å². The van der Waals surface area contributed by atoms with Crippen LogP contribution in [0.3, 0.4) is 0 Å². The van der Waals surface area contributed by atoms with Crippen LogP contribution in [0.5, 0.6) is 5.75 Å². The molecule has 0 aliphatic carbocycles. The molecule has 0 radical (unpaired) electrons. The van der Waals surface area contributed by atoms with Crippen molar-refractivity contribution in [2.45, 2.75) is 26.4 Å². The molecule has 0 aliphatic heterocycles. The number of rotatable bonds is 4. The van der Waals surface area contributed by atoms with Gasteiger partial charge in [0.15, 0.2) is 5.82 Å². The monoisotopic (exact) mass is 233 g/mol. The van der Waals surface area contributed by atoms with Crippen LogP contribution in [0, 0.1) is 6.92 Å². The fourth-order valence-corrected chi connectivity index (χ4v) is 1.56. The summed E-state index contributed by atoms with van der Waals surface area (Å²) < 4.78 is 5.00. The zero-order valence-electron chi connectivity index (χ0n) is 9.84. The molecule has 2 aromatic rings. The Hall–Kier alpha value is -1.88. The maximum absolute atomic E-state index is 9.38. The topological polar surface area (TPSA) is 71.2 Å². The average molecular weight is 233 g/mol. The summed E-state index contributed by atoms with van der Waals surface area (Å²) in [6.07, 6.45) is 0. The molecule has 5 heteroatoms. The van der Waals surface area contributed by atoms with Crippen LogP contribution in [-0.2, 0) is 6.54 Å². The quantitative estimate of drug-likeness (QED) is 0.844. The van der Waals surface area contributed by atoms with Crippen molar-refractivity contribution in [1.29, 1.82) is 0 Å². The highest BCUT2D eigenvalue weighted by Gasteiger charge is 2.08. The molecule has 0 bridgehead atoms. The Morgan fingerprint density at radius 3 is 2.94 bits per heavy atom. The second kappa shape index (κ2) is 4.97. The number of hydrogen-bond acceptors (Lipinski definition) is 5. The summed E-state index contributed by atoms with van der Waals surface area (Å²) >= 11 is 0. The van der Waals surface area contributed by atoms with Crippen molar-refractivity contribution < 1.29 is 9.63 Å². The van der Waals surface area contributed by atoms with E-state index in [9.17, 15) is 5.11 Å². The summed E-state index contributed by atoms with van der Waals surface area (Å²) in [6, 6.07) is 7.26. The number of nitrogens with zero attached hydrogens (tertiary/aromatic N) is 2. The minimum atomic E-state index is 0.106. The second-order valence-electron chi connectivity index (χ2n) is 3.93. The van der Waals surface area contributed by atoms with E-state index >= 15 is 0 Å². The lowest BCUT2D eigenvalue weighted by atomic mass is 10.1. The molecule has 0 amide bonds. The minimum Gasteiger partial charge on any atom is -0.508 e. The molecule has 1 heterocycles.